The van der Waals surface area contributed by atoms with E-state index in [2.05, 4.69) is 35.0 Å². The minimum Gasteiger partial charge on any atom is -0.385 e. The first kappa shape index (κ1) is 23.8. The molecule has 0 aliphatic carbocycles. The summed E-state index contributed by atoms with van der Waals surface area (Å²) >= 11 is 0. The molecule has 164 valence electrons. The van der Waals surface area contributed by atoms with Crippen LogP contribution in [0.25, 0.3) is 0 Å². The Kier molecular flexibility index (Phi) is 10.9. The standard InChI is InChI=1S/C12H17F2N.C12H16N2O/c1-2-3-4-5-8-15-10-6-7-11(13)12(14)9-10;15-9-14-12-3-1-2-11(8-12)10-4-6-13-7-5-10/h6-7,9,15H,2-5,8H2,1H3;1-3,8-10,13H,4-7H2,(H,14,15). The number of carbonyl (C=O) groups is 1. The number of piperidine rings is 1. The van der Waals surface area contributed by atoms with Crippen LogP contribution in [0.1, 0.15) is 56.9 Å². The van der Waals surface area contributed by atoms with Gasteiger partial charge in [-0.15, -0.1) is 0 Å². The normalized spacial score (nSPS) is 13.8. The van der Waals surface area contributed by atoms with Crippen LogP contribution >= 0.6 is 0 Å². The first-order valence-corrected chi connectivity index (χ1v) is 10.8. The number of rotatable bonds is 9. The molecular weight excluding hydrogens is 384 g/mol. The molecule has 1 fully saturated rings. The number of anilines is 2. The lowest BCUT2D eigenvalue weighted by Gasteiger charge is -2.23. The largest absolute Gasteiger partial charge is 0.385 e. The molecule has 3 rings (SSSR count). The predicted octanol–water partition coefficient (Wildman–Crippen LogP) is 5.68. The van der Waals surface area contributed by atoms with E-state index in [9.17, 15) is 13.6 Å². The van der Waals surface area contributed by atoms with Gasteiger partial charge in [0.1, 0.15) is 0 Å². The van der Waals surface area contributed by atoms with Crippen molar-refractivity contribution in [2.75, 3.05) is 30.3 Å². The Morgan fingerprint density at radius 3 is 2.50 bits per heavy atom. The van der Waals surface area contributed by atoms with Crippen LogP contribution in [-0.4, -0.2) is 26.0 Å². The van der Waals surface area contributed by atoms with Crippen LogP contribution in [-0.2, 0) is 4.79 Å². The van der Waals surface area contributed by atoms with E-state index >= 15 is 0 Å². The third-order valence-electron chi connectivity index (χ3n) is 5.20. The fourth-order valence-electron chi connectivity index (χ4n) is 3.50. The van der Waals surface area contributed by atoms with Crippen LogP contribution in [0.4, 0.5) is 20.2 Å². The molecule has 1 aliphatic heterocycles. The molecule has 2 aromatic carbocycles. The van der Waals surface area contributed by atoms with Crippen LogP contribution in [0.15, 0.2) is 42.5 Å². The van der Waals surface area contributed by atoms with Gasteiger partial charge in [-0.05, 0) is 74.2 Å². The first-order valence-electron chi connectivity index (χ1n) is 10.8. The van der Waals surface area contributed by atoms with Gasteiger partial charge in [0.15, 0.2) is 11.6 Å². The van der Waals surface area contributed by atoms with Crippen molar-refractivity contribution in [3.8, 4) is 0 Å². The molecule has 0 saturated carbocycles. The third-order valence-corrected chi connectivity index (χ3v) is 5.20. The number of benzene rings is 2. The second-order valence-electron chi connectivity index (χ2n) is 7.53. The van der Waals surface area contributed by atoms with E-state index in [4.69, 9.17) is 0 Å². The van der Waals surface area contributed by atoms with E-state index in [0.29, 0.717) is 11.6 Å². The van der Waals surface area contributed by atoms with Gasteiger partial charge in [0.2, 0.25) is 6.41 Å². The molecule has 6 heteroatoms. The summed E-state index contributed by atoms with van der Waals surface area (Å²) in [6.07, 6.45) is 7.75. The summed E-state index contributed by atoms with van der Waals surface area (Å²) in [6, 6.07) is 12.0. The number of hydrogen-bond acceptors (Lipinski definition) is 3. The fraction of sp³-hybridized carbons (Fsp3) is 0.458. The summed E-state index contributed by atoms with van der Waals surface area (Å²) < 4.78 is 25.4. The molecule has 0 atom stereocenters. The summed E-state index contributed by atoms with van der Waals surface area (Å²) in [6.45, 7) is 5.15. The van der Waals surface area contributed by atoms with Gasteiger partial charge >= 0.3 is 0 Å². The van der Waals surface area contributed by atoms with Gasteiger partial charge in [0.05, 0.1) is 0 Å². The second kappa shape index (κ2) is 13.7. The van der Waals surface area contributed by atoms with Crippen LogP contribution in [0.5, 0.6) is 0 Å². The average Bonchev–Trinajstić information content (AvgIpc) is 2.78. The molecule has 4 nitrogen and oxygen atoms in total. The topological polar surface area (TPSA) is 53.2 Å². The molecule has 0 unspecified atom stereocenters. The Labute approximate surface area is 178 Å². The van der Waals surface area contributed by atoms with Crippen molar-refractivity contribution < 1.29 is 13.6 Å². The van der Waals surface area contributed by atoms with Crippen LogP contribution in [0.2, 0.25) is 0 Å². The van der Waals surface area contributed by atoms with Gasteiger partial charge in [-0.3, -0.25) is 4.79 Å². The van der Waals surface area contributed by atoms with Gasteiger partial charge in [-0.1, -0.05) is 38.3 Å². The molecule has 1 aliphatic rings. The SMILES string of the molecule is CCCCCCNc1ccc(F)c(F)c1.O=CNc1cccc(C2CCNCC2)c1. The molecule has 2 aromatic rings. The Hall–Kier alpha value is -2.47. The van der Waals surface area contributed by atoms with Crippen molar-refractivity contribution in [1.82, 2.24) is 5.32 Å². The second-order valence-corrected chi connectivity index (χ2v) is 7.53. The fourth-order valence-corrected chi connectivity index (χ4v) is 3.50. The van der Waals surface area contributed by atoms with E-state index < -0.39 is 11.6 Å². The molecule has 1 heterocycles. The molecule has 0 aromatic heterocycles. The highest BCUT2D eigenvalue weighted by molar-refractivity contribution is 5.71. The minimum atomic E-state index is -0.800. The van der Waals surface area contributed by atoms with E-state index in [-0.39, 0.29) is 0 Å². The Bertz CT molecular complexity index is 764. The number of unbranched alkanes of at least 4 members (excludes halogenated alkanes) is 3. The molecule has 1 saturated heterocycles. The summed E-state index contributed by atoms with van der Waals surface area (Å²) in [5.74, 6) is -0.959. The average molecular weight is 418 g/mol. The van der Waals surface area contributed by atoms with Crippen LogP contribution in [0, 0.1) is 11.6 Å². The molecule has 0 radical (unpaired) electrons. The highest BCUT2D eigenvalue weighted by Crippen LogP contribution is 2.26. The third kappa shape index (κ3) is 8.49. The first-order chi connectivity index (χ1) is 14.6. The van der Waals surface area contributed by atoms with Crippen molar-refractivity contribution in [2.45, 2.75) is 51.4 Å². The van der Waals surface area contributed by atoms with Crippen LogP contribution in [0.3, 0.4) is 0 Å². The number of amides is 1. The lowest BCUT2D eigenvalue weighted by Crippen LogP contribution is -2.26. The zero-order valence-electron chi connectivity index (χ0n) is 17.7. The van der Waals surface area contributed by atoms with Gasteiger partial charge in [0.25, 0.3) is 0 Å². The monoisotopic (exact) mass is 417 g/mol. The van der Waals surface area contributed by atoms with Gasteiger partial charge in [0, 0.05) is 17.9 Å². The Morgan fingerprint density at radius 1 is 1.00 bits per heavy atom. The summed E-state index contributed by atoms with van der Waals surface area (Å²) in [5, 5.41) is 9.11. The predicted molar refractivity (Wildman–Crippen MR) is 120 cm³/mol. The zero-order valence-corrected chi connectivity index (χ0v) is 17.7. The lowest BCUT2D eigenvalue weighted by atomic mass is 9.90. The number of hydrogen-bond donors (Lipinski definition) is 3. The maximum absolute atomic E-state index is 12.8. The highest BCUT2D eigenvalue weighted by Gasteiger charge is 2.14. The summed E-state index contributed by atoms with van der Waals surface area (Å²) in [7, 11) is 0. The molecule has 0 spiro atoms. The highest BCUT2D eigenvalue weighted by atomic mass is 19.2. The zero-order chi connectivity index (χ0) is 21.6. The maximum atomic E-state index is 12.8. The number of halogens is 2. The quantitative estimate of drug-likeness (QED) is 0.363. The number of nitrogens with one attached hydrogen (secondary N) is 3. The molecule has 1 amide bonds. The van der Waals surface area contributed by atoms with E-state index in [1.54, 1.807) is 6.07 Å². The van der Waals surface area contributed by atoms with Crippen molar-refractivity contribution in [2.24, 2.45) is 0 Å². The smallest absolute Gasteiger partial charge is 0.211 e. The van der Waals surface area contributed by atoms with Gasteiger partial charge < -0.3 is 16.0 Å². The molecule has 0 bridgehead atoms. The van der Waals surface area contributed by atoms with Crippen molar-refractivity contribution in [3.63, 3.8) is 0 Å². The van der Waals surface area contributed by atoms with Gasteiger partial charge in [-0.25, -0.2) is 8.78 Å². The summed E-state index contributed by atoms with van der Waals surface area (Å²) in [5.41, 5.74) is 2.87. The van der Waals surface area contributed by atoms with E-state index in [0.717, 1.165) is 44.2 Å². The van der Waals surface area contributed by atoms with E-state index in [1.807, 2.05) is 12.1 Å². The van der Waals surface area contributed by atoms with Crippen molar-refractivity contribution in [3.05, 3.63) is 59.7 Å². The minimum absolute atomic E-state index is 0.639. The van der Waals surface area contributed by atoms with Crippen molar-refractivity contribution in [1.29, 1.82) is 0 Å². The molecule has 30 heavy (non-hydrogen) atoms. The molecular formula is C24H33F2N3O. The van der Waals surface area contributed by atoms with Gasteiger partial charge in [-0.2, -0.15) is 0 Å². The lowest BCUT2D eigenvalue weighted by molar-refractivity contribution is -0.105. The molecule has 3 N–H and O–H groups in total. The number of carbonyl (C=O) groups excluding carboxylic acids is 1. The van der Waals surface area contributed by atoms with E-state index in [1.165, 1.54) is 43.7 Å². The van der Waals surface area contributed by atoms with Crippen molar-refractivity contribution >= 4 is 17.8 Å². The van der Waals surface area contributed by atoms with Crippen LogP contribution < -0.4 is 16.0 Å². The Balaban J connectivity index is 0.000000214. The Morgan fingerprint density at radius 2 is 1.80 bits per heavy atom. The maximum Gasteiger partial charge on any atom is 0.211 e. The summed E-state index contributed by atoms with van der Waals surface area (Å²) in [4.78, 5) is 10.3.